The van der Waals surface area contributed by atoms with E-state index in [0.29, 0.717) is 6.54 Å². The second kappa shape index (κ2) is 6.33. The average molecular weight is 326 g/mol. The lowest BCUT2D eigenvalue weighted by Gasteiger charge is -2.24. The van der Waals surface area contributed by atoms with Crippen LogP contribution in [-0.4, -0.2) is 52.4 Å². The summed E-state index contributed by atoms with van der Waals surface area (Å²) in [4.78, 5) is 24.6. The highest BCUT2D eigenvalue weighted by molar-refractivity contribution is 8.00. The number of carbonyl (C=O) groups excluding carboxylic acids is 1. The minimum atomic E-state index is -4.32. The number of nitrogens with zero attached hydrogens (tertiary/aromatic N) is 1. The van der Waals surface area contributed by atoms with E-state index in [1.807, 2.05) is 0 Å². The Bertz CT molecular complexity index is 419. The average Bonchev–Trinajstić information content (AvgIpc) is 2.91. The van der Waals surface area contributed by atoms with E-state index in [0.717, 1.165) is 19.3 Å². The Morgan fingerprint density at radius 3 is 2.67 bits per heavy atom. The molecule has 1 saturated heterocycles. The van der Waals surface area contributed by atoms with Crippen LogP contribution >= 0.6 is 11.8 Å². The fourth-order valence-electron chi connectivity index (χ4n) is 3.26. The summed E-state index contributed by atoms with van der Waals surface area (Å²) in [7, 11) is 0. The number of fused-ring (bicyclic) bond motifs is 1. The molecule has 2 rings (SSSR count). The summed E-state index contributed by atoms with van der Waals surface area (Å²) in [6.07, 6.45) is 2.66. The first kappa shape index (κ1) is 16.3. The van der Waals surface area contributed by atoms with Crippen molar-refractivity contribution in [3.63, 3.8) is 0 Å². The Hall–Kier alpha value is -1.12. The summed E-state index contributed by atoms with van der Waals surface area (Å²) < 4.78 is 35.9. The lowest BCUT2D eigenvalue weighted by Crippen LogP contribution is -2.48. The molecule has 2 amide bonds. The Kier molecular flexibility index (Phi) is 4.90. The second-order valence-corrected chi connectivity index (χ2v) is 6.48. The van der Waals surface area contributed by atoms with Crippen LogP contribution in [0.4, 0.5) is 18.0 Å². The zero-order valence-electron chi connectivity index (χ0n) is 11.2. The number of alkyl halides is 3. The molecule has 0 aromatic heterocycles. The van der Waals surface area contributed by atoms with Gasteiger partial charge >= 0.3 is 17.5 Å². The van der Waals surface area contributed by atoms with Crippen molar-refractivity contribution in [2.24, 2.45) is 11.8 Å². The molecule has 120 valence electrons. The quantitative estimate of drug-likeness (QED) is 0.777. The van der Waals surface area contributed by atoms with Gasteiger partial charge in [0.2, 0.25) is 0 Å². The molecule has 1 aliphatic heterocycles. The van der Waals surface area contributed by atoms with Gasteiger partial charge in [-0.15, -0.1) is 0 Å². The number of carboxylic acids is 1. The van der Waals surface area contributed by atoms with Gasteiger partial charge in [0.1, 0.15) is 6.04 Å². The van der Waals surface area contributed by atoms with Gasteiger partial charge in [0, 0.05) is 18.8 Å². The minimum Gasteiger partial charge on any atom is -0.480 e. The van der Waals surface area contributed by atoms with Crippen molar-refractivity contribution in [1.82, 2.24) is 10.2 Å². The van der Waals surface area contributed by atoms with E-state index in [4.69, 9.17) is 0 Å². The Morgan fingerprint density at radius 2 is 2.05 bits per heavy atom. The number of thioether (sulfide) groups is 1. The predicted octanol–water partition coefficient (Wildman–Crippen LogP) is 2.13. The van der Waals surface area contributed by atoms with Crippen LogP contribution in [0.1, 0.15) is 19.3 Å². The zero-order chi connectivity index (χ0) is 15.6. The topological polar surface area (TPSA) is 69.6 Å². The van der Waals surface area contributed by atoms with Crippen LogP contribution < -0.4 is 5.32 Å². The van der Waals surface area contributed by atoms with Crippen LogP contribution in [-0.2, 0) is 4.79 Å². The number of amides is 2. The van der Waals surface area contributed by atoms with Crippen LogP contribution in [0.3, 0.4) is 0 Å². The van der Waals surface area contributed by atoms with E-state index in [9.17, 15) is 27.9 Å². The van der Waals surface area contributed by atoms with Crippen LogP contribution in [0.5, 0.6) is 0 Å². The molecule has 0 aromatic carbocycles. The molecule has 2 N–H and O–H groups in total. The van der Waals surface area contributed by atoms with E-state index in [-0.39, 0.29) is 35.9 Å². The van der Waals surface area contributed by atoms with Crippen LogP contribution in [0.25, 0.3) is 0 Å². The molecule has 3 atom stereocenters. The summed E-state index contributed by atoms with van der Waals surface area (Å²) in [5.41, 5.74) is -4.32. The maximum atomic E-state index is 12.0. The largest absolute Gasteiger partial charge is 0.480 e. The lowest BCUT2D eigenvalue weighted by atomic mass is 9.94. The van der Waals surface area contributed by atoms with Crippen molar-refractivity contribution in [2.45, 2.75) is 30.8 Å². The van der Waals surface area contributed by atoms with Gasteiger partial charge in [0.15, 0.2) is 0 Å². The summed E-state index contributed by atoms with van der Waals surface area (Å²) in [5, 5.41) is 11.7. The molecule has 0 aromatic rings. The van der Waals surface area contributed by atoms with Crippen molar-refractivity contribution in [1.29, 1.82) is 0 Å². The third-order valence-electron chi connectivity index (χ3n) is 4.05. The summed E-state index contributed by atoms with van der Waals surface area (Å²) in [6, 6.07) is -1.44. The monoisotopic (exact) mass is 326 g/mol. The first-order valence-electron chi connectivity index (χ1n) is 6.77. The Morgan fingerprint density at radius 1 is 1.33 bits per heavy atom. The number of halogens is 3. The summed E-state index contributed by atoms with van der Waals surface area (Å²) >= 11 is -0.208. The van der Waals surface area contributed by atoms with E-state index < -0.39 is 23.6 Å². The standard InChI is InChI=1S/C12H17F3N2O3S/c13-12(14,15)21-5-4-16-11(20)17-6-7-2-1-3-8(7)9(17)10(18)19/h7-9H,1-6H2,(H,16,20)(H,18,19). The Balaban J connectivity index is 1.85. The van der Waals surface area contributed by atoms with Gasteiger partial charge in [-0.1, -0.05) is 6.42 Å². The maximum Gasteiger partial charge on any atom is 0.441 e. The third-order valence-corrected chi connectivity index (χ3v) is 4.78. The molecule has 0 radical (unpaired) electrons. The number of carbonyl (C=O) groups is 2. The van der Waals surface area contributed by atoms with Gasteiger partial charge in [-0.3, -0.25) is 0 Å². The van der Waals surface area contributed by atoms with Gasteiger partial charge in [0.25, 0.3) is 0 Å². The first-order valence-corrected chi connectivity index (χ1v) is 7.76. The first-order chi connectivity index (χ1) is 9.79. The van der Waals surface area contributed by atoms with Gasteiger partial charge in [-0.05, 0) is 36.4 Å². The fraction of sp³-hybridized carbons (Fsp3) is 0.833. The number of likely N-dealkylation sites (tertiary alicyclic amines) is 1. The van der Waals surface area contributed by atoms with Crippen LogP contribution in [0, 0.1) is 11.8 Å². The van der Waals surface area contributed by atoms with Crippen molar-refractivity contribution in [2.75, 3.05) is 18.8 Å². The summed E-state index contributed by atoms with van der Waals surface area (Å²) in [5.74, 6) is -1.16. The highest BCUT2D eigenvalue weighted by atomic mass is 32.2. The fourth-order valence-corrected chi connectivity index (χ4v) is 3.69. The number of urea groups is 1. The highest BCUT2D eigenvalue weighted by Crippen LogP contribution is 2.42. The molecule has 1 saturated carbocycles. The molecule has 5 nitrogen and oxygen atoms in total. The number of carboxylic acid groups (broad SMARTS) is 1. The number of hydrogen-bond acceptors (Lipinski definition) is 3. The normalized spacial score (nSPS) is 28.5. The molecule has 3 unspecified atom stereocenters. The molecular formula is C12H17F3N2O3S. The molecule has 1 heterocycles. The predicted molar refractivity (Wildman–Crippen MR) is 70.9 cm³/mol. The van der Waals surface area contributed by atoms with Crippen molar-refractivity contribution in [3.8, 4) is 0 Å². The molecule has 21 heavy (non-hydrogen) atoms. The van der Waals surface area contributed by atoms with Crippen LogP contribution in [0.2, 0.25) is 0 Å². The Labute approximate surface area is 124 Å². The smallest absolute Gasteiger partial charge is 0.441 e. The van der Waals surface area contributed by atoms with Crippen molar-refractivity contribution in [3.05, 3.63) is 0 Å². The van der Waals surface area contributed by atoms with E-state index in [1.165, 1.54) is 4.90 Å². The van der Waals surface area contributed by atoms with Gasteiger partial charge < -0.3 is 15.3 Å². The third kappa shape index (κ3) is 3.96. The number of hydrogen-bond donors (Lipinski definition) is 2. The molecule has 9 heteroatoms. The zero-order valence-corrected chi connectivity index (χ0v) is 12.0. The number of rotatable bonds is 4. The highest BCUT2D eigenvalue weighted by Gasteiger charge is 2.49. The van der Waals surface area contributed by atoms with Gasteiger partial charge in [-0.25, -0.2) is 9.59 Å². The minimum absolute atomic E-state index is 0.0298. The SMILES string of the molecule is O=C(O)C1C2CCCC2CN1C(=O)NCCSC(F)(F)F. The molecule has 1 aliphatic carbocycles. The van der Waals surface area contributed by atoms with Gasteiger partial charge in [-0.2, -0.15) is 13.2 Å². The molecule has 2 aliphatic rings. The van der Waals surface area contributed by atoms with E-state index in [1.54, 1.807) is 0 Å². The molecule has 0 spiro atoms. The van der Waals surface area contributed by atoms with Crippen molar-refractivity contribution >= 4 is 23.8 Å². The molecular weight excluding hydrogens is 309 g/mol. The molecule has 2 fully saturated rings. The van der Waals surface area contributed by atoms with E-state index >= 15 is 0 Å². The van der Waals surface area contributed by atoms with Crippen LogP contribution in [0.15, 0.2) is 0 Å². The lowest BCUT2D eigenvalue weighted by molar-refractivity contribution is -0.142. The van der Waals surface area contributed by atoms with Crippen molar-refractivity contribution < 1.29 is 27.9 Å². The molecule has 0 bridgehead atoms. The number of aliphatic carboxylic acids is 1. The van der Waals surface area contributed by atoms with E-state index in [2.05, 4.69) is 5.32 Å². The second-order valence-electron chi connectivity index (χ2n) is 5.32. The van der Waals surface area contributed by atoms with Gasteiger partial charge in [0.05, 0.1) is 0 Å². The summed E-state index contributed by atoms with van der Waals surface area (Å²) in [6.45, 7) is 0.237. The number of nitrogens with one attached hydrogen (secondary N) is 1. The maximum absolute atomic E-state index is 12.0.